The quantitative estimate of drug-likeness (QED) is 0.716. The molecule has 0 saturated carbocycles. The summed E-state index contributed by atoms with van der Waals surface area (Å²) in [5.74, 6) is 0. The average molecular weight is 208 g/mol. The molecule has 14 heavy (non-hydrogen) atoms. The Morgan fingerprint density at radius 3 is 2.71 bits per heavy atom. The van der Waals surface area contributed by atoms with Gasteiger partial charge in [-0.05, 0) is 37.1 Å². The number of hydrogen-bond donors (Lipinski definition) is 1. The fraction of sp³-hybridized carbons (Fsp3) is 0.182. The molecule has 0 aliphatic rings. The van der Waals surface area contributed by atoms with Crippen molar-refractivity contribution in [3.05, 3.63) is 34.0 Å². The van der Waals surface area contributed by atoms with Crippen LogP contribution in [0.1, 0.15) is 21.6 Å². The van der Waals surface area contributed by atoms with E-state index in [9.17, 15) is 4.79 Å². The van der Waals surface area contributed by atoms with E-state index in [0.29, 0.717) is 10.7 Å². The van der Waals surface area contributed by atoms with Crippen molar-refractivity contribution in [3.8, 4) is 0 Å². The number of aromatic nitrogens is 1. The maximum atomic E-state index is 10.7. The zero-order valence-electron chi connectivity index (χ0n) is 8.02. The van der Waals surface area contributed by atoms with Crippen molar-refractivity contribution in [2.75, 3.05) is 0 Å². The first-order valence-electron chi connectivity index (χ1n) is 4.37. The third-order valence-corrected chi connectivity index (χ3v) is 2.72. The smallest absolute Gasteiger partial charge is 0.166 e. The van der Waals surface area contributed by atoms with E-state index in [1.54, 1.807) is 0 Å². The Kier molecular flexibility index (Phi) is 2.08. The zero-order chi connectivity index (χ0) is 10.3. The summed E-state index contributed by atoms with van der Waals surface area (Å²) in [6, 6.07) is 3.91. The van der Waals surface area contributed by atoms with Crippen LogP contribution in [0.2, 0.25) is 5.02 Å². The van der Waals surface area contributed by atoms with Crippen molar-refractivity contribution in [2.24, 2.45) is 0 Å². The number of rotatable bonds is 1. The summed E-state index contributed by atoms with van der Waals surface area (Å²) >= 11 is 6.06. The van der Waals surface area contributed by atoms with Gasteiger partial charge in [-0.2, -0.15) is 0 Å². The molecular weight excluding hydrogens is 198 g/mol. The highest BCUT2D eigenvalue weighted by Crippen LogP contribution is 2.28. The molecule has 0 spiro atoms. The number of aromatic amines is 1. The van der Waals surface area contributed by atoms with Gasteiger partial charge in [0.2, 0.25) is 0 Å². The van der Waals surface area contributed by atoms with Crippen molar-refractivity contribution in [3.63, 3.8) is 0 Å². The minimum absolute atomic E-state index is 0.604. The van der Waals surface area contributed by atoms with E-state index in [4.69, 9.17) is 11.6 Å². The highest BCUT2D eigenvalue weighted by molar-refractivity contribution is 6.35. The molecule has 0 amide bonds. The molecule has 0 bridgehead atoms. The number of hydrogen-bond acceptors (Lipinski definition) is 1. The third-order valence-electron chi connectivity index (χ3n) is 2.42. The molecule has 72 valence electrons. The molecule has 0 unspecified atom stereocenters. The van der Waals surface area contributed by atoms with Crippen molar-refractivity contribution < 1.29 is 4.79 Å². The van der Waals surface area contributed by atoms with E-state index < -0.39 is 0 Å². The maximum Gasteiger partial charge on any atom is 0.166 e. The summed E-state index contributed by atoms with van der Waals surface area (Å²) in [6.07, 6.45) is 0.820. The Hall–Kier alpha value is -1.28. The Morgan fingerprint density at radius 1 is 1.36 bits per heavy atom. The first-order chi connectivity index (χ1) is 6.63. The highest BCUT2D eigenvalue weighted by atomic mass is 35.5. The van der Waals surface area contributed by atoms with E-state index in [2.05, 4.69) is 4.98 Å². The zero-order valence-corrected chi connectivity index (χ0v) is 8.77. The lowest BCUT2D eigenvalue weighted by atomic mass is 10.1. The van der Waals surface area contributed by atoms with Crippen LogP contribution >= 0.6 is 11.6 Å². The van der Waals surface area contributed by atoms with Gasteiger partial charge in [-0.15, -0.1) is 0 Å². The topological polar surface area (TPSA) is 32.9 Å². The molecule has 1 N–H and O–H groups in total. The number of nitrogens with one attached hydrogen (secondary N) is 1. The minimum Gasteiger partial charge on any atom is -0.351 e. The fourth-order valence-corrected chi connectivity index (χ4v) is 1.98. The predicted octanol–water partition coefficient (Wildman–Crippen LogP) is 3.25. The van der Waals surface area contributed by atoms with Crippen molar-refractivity contribution in [1.82, 2.24) is 4.98 Å². The molecule has 0 aliphatic heterocycles. The van der Waals surface area contributed by atoms with Crippen LogP contribution in [0, 0.1) is 13.8 Å². The minimum atomic E-state index is 0.604. The molecule has 0 aliphatic carbocycles. The van der Waals surface area contributed by atoms with Gasteiger partial charge in [-0.3, -0.25) is 4.79 Å². The van der Waals surface area contributed by atoms with Gasteiger partial charge >= 0.3 is 0 Å². The van der Waals surface area contributed by atoms with Gasteiger partial charge in [0.15, 0.2) is 6.29 Å². The summed E-state index contributed by atoms with van der Waals surface area (Å²) < 4.78 is 0. The Bertz CT molecular complexity index is 513. The normalized spacial score (nSPS) is 10.8. The summed E-state index contributed by atoms with van der Waals surface area (Å²) in [7, 11) is 0. The molecule has 3 heteroatoms. The second-order valence-electron chi connectivity index (χ2n) is 3.45. The van der Waals surface area contributed by atoms with Crippen LogP contribution in [0.3, 0.4) is 0 Å². The largest absolute Gasteiger partial charge is 0.351 e. The number of aldehydes is 1. The van der Waals surface area contributed by atoms with Crippen molar-refractivity contribution >= 4 is 28.8 Å². The van der Waals surface area contributed by atoms with Crippen LogP contribution in [-0.4, -0.2) is 11.3 Å². The van der Waals surface area contributed by atoms with Gasteiger partial charge in [0, 0.05) is 5.39 Å². The van der Waals surface area contributed by atoms with E-state index in [-0.39, 0.29) is 0 Å². The Morgan fingerprint density at radius 2 is 2.07 bits per heavy atom. The SMILES string of the molecule is Cc1cc(Cl)c2[nH]c(C=O)c(C)c2c1. The number of benzene rings is 1. The van der Waals surface area contributed by atoms with E-state index in [1.165, 1.54) is 0 Å². The van der Waals surface area contributed by atoms with Crippen molar-refractivity contribution in [1.29, 1.82) is 0 Å². The fourth-order valence-electron chi connectivity index (χ4n) is 1.66. The number of H-pyrrole nitrogens is 1. The second-order valence-corrected chi connectivity index (χ2v) is 3.86. The van der Waals surface area contributed by atoms with Gasteiger partial charge in [0.1, 0.15) is 0 Å². The second kappa shape index (κ2) is 3.14. The molecule has 0 atom stereocenters. The molecule has 1 aromatic carbocycles. The number of carbonyl (C=O) groups is 1. The van der Waals surface area contributed by atoms with E-state index in [1.807, 2.05) is 26.0 Å². The number of aryl methyl sites for hydroxylation is 2. The Labute approximate surface area is 86.9 Å². The summed E-state index contributed by atoms with van der Waals surface area (Å²) in [5, 5.41) is 1.69. The van der Waals surface area contributed by atoms with Gasteiger partial charge in [-0.1, -0.05) is 11.6 Å². The number of fused-ring (bicyclic) bond motifs is 1. The molecule has 1 heterocycles. The van der Waals surface area contributed by atoms with Crippen LogP contribution in [0.5, 0.6) is 0 Å². The van der Waals surface area contributed by atoms with Gasteiger partial charge < -0.3 is 4.98 Å². The van der Waals surface area contributed by atoms with E-state index in [0.717, 1.165) is 28.3 Å². The first kappa shape index (κ1) is 9.28. The lowest BCUT2D eigenvalue weighted by Gasteiger charge is -1.97. The summed E-state index contributed by atoms with van der Waals surface area (Å²) in [4.78, 5) is 13.7. The van der Waals surface area contributed by atoms with E-state index >= 15 is 0 Å². The lowest BCUT2D eigenvalue weighted by molar-refractivity contribution is 0.111. The van der Waals surface area contributed by atoms with Crippen LogP contribution < -0.4 is 0 Å². The molecule has 2 aromatic rings. The molecule has 2 nitrogen and oxygen atoms in total. The van der Waals surface area contributed by atoms with Crippen LogP contribution in [0.15, 0.2) is 12.1 Å². The molecule has 0 saturated heterocycles. The van der Waals surface area contributed by atoms with Crippen LogP contribution in [0.25, 0.3) is 10.9 Å². The first-order valence-corrected chi connectivity index (χ1v) is 4.75. The monoisotopic (exact) mass is 207 g/mol. The summed E-state index contributed by atoms with van der Waals surface area (Å²) in [6.45, 7) is 3.90. The predicted molar refractivity (Wildman–Crippen MR) is 58.2 cm³/mol. The van der Waals surface area contributed by atoms with Crippen LogP contribution in [0.4, 0.5) is 0 Å². The maximum absolute atomic E-state index is 10.7. The molecule has 1 aromatic heterocycles. The molecule has 2 rings (SSSR count). The third kappa shape index (κ3) is 1.23. The molecule has 0 radical (unpaired) electrons. The summed E-state index contributed by atoms with van der Waals surface area (Å²) in [5.41, 5.74) is 3.51. The van der Waals surface area contributed by atoms with Crippen LogP contribution in [-0.2, 0) is 0 Å². The van der Waals surface area contributed by atoms with Crippen molar-refractivity contribution in [2.45, 2.75) is 13.8 Å². The number of carbonyl (C=O) groups excluding carboxylic acids is 1. The average Bonchev–Trinajstić information content (AvgIpc) is 2.44. The lowest BCUT2D eigenvalue weighted by Crippen LogP contribution is -1.80. The Balaban J connectivity index is 2.91. The number of halogens is 1. The van der Waals surface area contributed by atoms with Gasteiger partial charge in [0.25, 0.3) is 0 Å². The van der Waals surface area contributed by atoms with Gasteiger partial charge in [0.05, 0.1) is 16.2 Å². The van der Waals surface area contributed by atoms with Gasteiger partial charge in [-0.25, -0.2) is 0 Å². The standard InChI is InChI=1S/C11H10ClNO/c1-6-3-8-7(2)10(5-14)13-11(8)9(12)4-6/h3-5,13H,1-2H3. The molecular formula is C11H10ClNO. The highest BCUT2D eigenvalue weighted by Gasteiger charge is 2.09. The molecule has 0 fully saturated rings.